The van der Waals surface area contributed by atoms with Crippen LogP contribution < -0.4 is 4.84 Å². The third-order valence-corrected chi connectivity index (χ3v) is 2.36. The third-order valence-electron chi connectivity index (χ3n) is 0.561. The monoisotopic (exact) mass is 193 g/mol. The molecule has 2 N–H and O–H groups in total. The average molecular weight is 194 g/mol. The van der Waals surface area contributed by atoms with Crippen LogP contribution in [0.3, 0.4) is 0 Å². The minimum atomic E-state index is -4.15. The highest BCUT2D eigenvalue weighted by molar-refractivity contribution is 7.87. The molecule has 0 bridgehead atoms. The second-order valence-corrected chi connectivity index (χ2v) is 3.91. The van der Waals surface area contributed by atoms with Crippen LogP contribution in [0.15, 0.2) is 0 Å². The van der Waals surface area contributed by atoms with E-state index in [1.54, 1.807) is 0 Å². The van der Waals surface area contributed by atoms with Gasteiger partial charge in [0.1, 0.15) is 0 Å². The second-order valence-electron chi connectivity index (χ2n) is 1.26. The number of alkyl halides is 1. The van der Waals surface area contributed by atoms with Gasteiger partial charge >= 0.3 is 0 Å². The molecule has 1 atom stereocenters. The van der Waals surface area contributed by atoms with Gasteiger partial charge in [0.15, 0.2) is 4.71 Å². The molecule has 0 heterocycles. The number of rotatable bonds is 3. The van der Waals surface area contributed by atoms with Gasteiger partial charge in [-0.05, 0) is 11.8 Å². The normalized spacial score (nSPS) is 15.4. The van der Waals surface area contributed by atoms with Gasteiger partial charge in [-0.2, -0.15) is 8.42 Å². The zero-order valence-corrected chi connectivity index (χ0v) is 6.54. The van der Waals surface area contributed by atoms with Crippen LogP contribution in [0.5, 0.6) is 0 Å². The van der Waals surface area contributed by atoms with Gasteiger partial charge in [-0.15, -0.1) is 11.6 Å². The lowest BCUT2D eigenvalue weighted by molar-refractivity contribution is 0.478. The molecular formula is C2H5Cl2NO3S. The number of hydrogen-bond donors (Lipinski definition) is 2. The highest BCUT2D eigenvalue weighted by Crippen LogP contribution is 2.01. The van der Waals surface area contributed by atoms with Crippen molar-refractivity contribution in [2.24, 2.45) is 0 Å². The summed E-state index contributed by atoms with van der Waals surface area (Å²) in [5, 5.41) is 0. The van der Waals surface area contributed by atoms with Crippen LogP contribution in [0.25, 0.3) is 0 Å². The van der Waals surface area contributed by atoms with Crippen molar-refractivity contribution in [1.29, 1.82) is 0 Å². The van der Waals surface area contributed by atoms with Gasteiger partial charge in [-0.25, -0.2) is 4.84 Å². The van der Waals surface area contributed by atoms with Crippen molar-refractivity contribution in [3.63, 3.8) is 0 Å². The van der Waals surface area contributed by atoms with Crippen LogP contribution in [-0.2, 0) is 10.1 Å². The zero-order valence-electron chi connectivity index (χ0n) is 4.21. The molecule has 0 amide bonds. The molecule has 0 aliphatic rings. The van der Waals surface area contributed by atoms with Crippen molar-refractivity contribution in [1.82, 2.24) is 4.84 Å². The van der Waals surface area contributed by atoms with Crippen LogP contribution in [0, 0.1) is 0 Å². The topological polar surface area (TPSA) is 66.4 Å². The SMILES string of the molecule is O=S(=O)(O)C(Cl)CNCl. The molecule has 0 aliphatic carbocycles. The number of nitrogens with one attached hydrogen (secondary N) is 1. The molecule has 0 rings (SSSR count). The molecule has 0 saturated heterocycles. The summed E-state index contributed by atoms with van der Waals surface area (Å²) < 4.78 is 26.9. The summed E-state index contributed by atoms with van der Waals surface area (Å²) in [6, 6.07) is 0. The molecule has 0 aromatic heterocycles. The molecule has 0 spiro atoms. The van der Waals surface area contributed by atoms with Gasteiger partial charge in [0, 0.05) is 6.54 Å². The molecule has 0 saturated carbocycles. The summed E-state index contributed by atoms with van der Waals surface area (Å²) in [5.74, 6) is 0. The third kappa shape index (κ3) is 3.94. The maximum absolute atomic E-state index is 10.0. The smallest absolute Gasteiger partial charge is 0.283 e. The van der Waals surface area contributed by atoms with E-state index in [0.29, 0.717) is 0 Å². The molecule has 56 valence electrons. The largest absolute Gasteiger partial charge is 0.284 e. The summed E-state index contributed by atoms with van der Waals surface area (Å²) in [6.07, 6.45) is 0. The van der Waals surface area contributed by atoms with Gasteiger partial charge in [0.05, 0.1) is 0 Å². The lowest BCUT2D eigenvalue weighted by Crippen LogP contribution is -2.23. The molecule has 7 heteroatoms. The predicted octanol–water partition coefficient (Wildman–Crippen LogP) is 0.183. The predicted molar refractivity (Wildman–Crippen MR) is 35.0 cm³/mol. The summed E-state index contributed by atoms with van der Waals surface area (Å²) in [5.41, 5.74) is 0. The van der Waals surface area contributed by atoms with Gasteiger partial charge in [-0.1, -0.05) is 0 Å². The fraction of sp³-hybridized carbons (Fsp3) is 1.00. The fourth-order valence-corrected chi connectivity index (χ4v) is 0.862. The maximum atomic E-state index is 10.0. The Bertz CT molecular complexity index is 167. The van der Waals surface area contributed by atoms with Crippen LogP contribution in [0.2, 0.25) is 0 Å². The molecule has 0 aromatic carbocycles. The molecule has 0 aromatic rings. The average Bonchev–Trinajstić information content (AvgIpc) is 1.64. The van der Waals surface area contributed by atoms with Crippen molar-refractivity contribution < 1.29 is 13.0 Å². The Hall–Kier alpha value is 0.450. The first kappa shape index (κ1) is 9.45. The van der Waals surface area contributed by atoms with E-state index in [9.17, 15) is 8.42 Å². The molecule has 0 fully saturated rings. The Kier molecular flexibility index (Phi) is 3.76. The van der Waals surface area contributed by atoms with Crippen molar-refractivity contribution in [3.05, 3.63) is 0 Å². The number of hydrogen-bond acceptors (Lipinski definition) is 3. The van der Waals surface area contributed by atoms with Crippen LogP contribution in [-0.4, -0.2) is 24.2 Å². The van der Waals surface area contributed by atoms with Crippen LogP contribution in [0.1, 0.15) is 0 Å². The van der Waals surface area contributed by atoms with E-state index in [1.165, 1.54) is 0 Å². The first-order valence-electron chi connectivity index (χ1n) is 1.92. The highest BCUT2D eigenvalue weighted by Gasteiger charge is 2.18. The lowest BCUT2D eigenvalue weighted by atomic mass is 10.8. The highest BCUT2D eigenvalue weighted by atomic mass is 35.5. The summed E-state index contributed by atoms with van der Waals surface area (Å²) in [4.78, 5) is 1.98. The van der Waals surface area contributed by atoms with Crippen LogP contribution in [0.4, 0.5) is 0 Å². The standard InChI is InChI=1S/C2H5Cl2NO3S/c3-2(1-5-4)9(6,7)8/h2,5H,1H2,(H,6,7,8). The van der Waals surface area contributed by atoms with Crippen molar-refractivity contribution in [2.75, 3.05) is 6.54 Å². The Morgan fingerprint density at radius 3 is 2.22 bits per heavy atom. The van der Waals surface area contributed by atoms with Crippen molar-refractivity contribution in [2.45, 2.75) is 4.71 Å². The Morgan fingerprint density at radius 2 is 2.11 bits per heavy atom. The van der Waals surface area contributed by atoms with Gasteiger partial charge in [0.25, 0.3) is 10.1 Å². The minimum Gasteiger partial charge on any atom is -0.284 e. The Labute approximate surface area is 63.0 Å². The van der Waals surface area contributed by atoms with Crippen molar-refractivity contribution in [3.8, 4) is 0 Å². The van der Waals surface area contributed by atoms with Gasteiger partial charge in [-0.3, -0.25) is 4.55 Å². The van der Waals surface area contributed by atoms with E-state index in [-0.39, 0.29) is 6.54 Å². The molecule has 9 heavy (non-hydrogen) atoms. The minimum absolute atomic E-state index is 0.193. The Balaban J connectivity index is 3.90. The first-order chi connectivity index (χ1) is 3.98. The van der Waals surface area contributed by atoms with Crippen LogP contribution >= 0.6 is 23.4 Å². The van der Waals surface area contributed by atoms with E-state index < -0.39 is 14.8 Å². The fourth-order valence-electron chi connectivity index (χ4n) is 0.166. The maximum Gasteiger partial charge on any atom is 0.283 e. The molecule has 1 unspecified atom stereocenters. The van der Waals surface area contributed by atoms with Crippen molar-refractivity contribution >= 4 is 33.5 Å². The summed E-state index contributed by atoms with van der Waals surface area (Å²) >= 11 is 9.96. The molecule has 0 radical (unpaired) electrons. The van der Waals surface area contributed by atoms with E-state index in [4.69, 9.17) is 27.9 Å². The molecule has 4 nitrogen and oxygen atoms in total. The van der Waals surface area contributed by atoms with E-state index in [2.05, 4.69) is 0 Å². The second kappa shape index (κ2) is 3.58. The summed E-state index contributed by atoms with van der Waals surface area (Å²) in [7, 11) is -4.15. The Morgan fingerprint density at radius 1 is 1.67 bits per heavy atom. The first-order valence-corrected chi connectivity index (χ1v) is 4.24. The van der Waals surface area contributed by atoms with E-state index in [1.807, 2.05) is 4.84 Å². The lowest BCUT2D eigenvalue weighted by Gasteiger charge is -2.01. The molecular weight excluding hydrogens is 189 g/mol. The summed E-state index contributed by atoms with van der Waals surface area (Å²) in [6.45, 7) is -0.193. The zero-order chi connectivity index (χ0) is 7.49. The van der Waals surface area contributed by atoms with Gasteiger partial charge < -0.3 is 0 Å². The van der Waals surface area contributed by atoms with E-state index in [0.717, 1.165) is 0 Å². The van der Waals surface area contributed by atoms with Gasteiger partial charge in [0.2, 0.25) is 0 Å². The molecule has 0 aliphatic heterocycles. The quantitative estimate of drug-likeness (QED) is 0.382. The number of halogens is 2. The van der Waals surface area contributed by atoms with E-state index >= 15 is 0 Å².